The lowest BCUT2D eigenvalue weighted by molar-refractivity contribution is -0.763. The van der Waals surface area contributed by atoms with E-state index in [1.807, 2.05) is 13.8 Å². The van der Waals surface area contributed by atoms with Crippen LogP contribution in [-0.4, -0.2) is 40.4 Å². The highest BCUT2D eigenvalue weighted by atomic mass is 16.9. The fourth-order valence-corrected chi connectivity index (χ4v) is 3.66. The van der Waals surface area contributed by atoms with Crippen molar-refractivity contribution in [3.63, 3.8) is 0 Å². The van der Waals surface area contributed by atoms with Crippen LogP contribution >= 0.6 is 0 Å². The Bertz CT molecular complexity index is 1430. The fraction of sp³-hybridized carbons (Fsp3) is 0.185. The quantitative estimate of drug-likeness (QED) is 0.106. The topological polar surface area (TPSA) is 198 Å². The largest absolute Gasteiger partial charge is 0.478 e. The van der Waals surface area contributed by atoms with Gasteiger partial charge in [-0.1, -0.05) is 26.0 Å². The van der Waals surface area contributed by atoms with Crippen molar-refractivity contribution < 1.29 is 29.4 Å². The number of nitrogens with one attached hydrogen (secondary N) is 3. The molecule has 12 nitrogen and oxygen atoms in total. The van der Waals surface area contributed by atoms with Gasteiger partial charge in [0, 0.05) is 28.9 Å². The van der Waals surface area contributed by atoms with Crippen molar-refractivity contribution in [3.05, 3.63) is 98.6 Å². The lowest BCUT2D eigenvalue weighted by atomic mass is 9.92. The Morgan fingerprint density at radius 1 is 0.974 bits per heavy atom. The van der Waals surface area contributed by atoms with Crippen LogP contribution in [0.1, 0.15) is 56.0 Å². The molecule has 6 N–H and O–H groups in total. The summed E-state index contributed by atoms with van der Waals surface area (Å²) in [5, 5.41) is 32.6. The number of carboxylic acids is 1. The van der Waals surface area contributed by atoms with Gasteiger partial charge in [0.05, 0.1) is 5.56 Å². The molecule has 3 aromatic carbocycles. The zero-order chi connectivity index (χ0) is 28.7. The molecule has 202 valence electrons. The first-order valence-electron chi connectivity index (χ1n) is 11.8. The maximum Gasteiger partial charge on any atom is 0.336 e. The van der Waals surface area contributed by atoms with E-state index < -0.39 is 29.5 Å². The Balaban J connectivity index is 2.06. The van der Waals surface area contributed by atoms with E-state index in [-0.39, 0.29) is 39.6 Å². The number of rotatable bonds is 11. The van der Waals surface area contributed by atoms with Crippen molar-refractivity contribution in [2.24, 2.45) is 11.7 Å². The maximum absolute atomic E-state index is 13.3. The summed E-state index contributed by atoms with van der Waals surface area (Å²) >= 11 is 0. The number of nitrogens with two attached hydrogens (primary N) is 1. The van der Waals surface area contributed by atoms with Crippen LogP contribution in [0.4, 0.5) is 5.69 Å². The van der Waals surface area contributed by atoms with Crippen molar-refractivity contribution in [2.45, 2.75) is 20.5 Å². The molecule has 0 aromatic heterocycles. The first kappa shape index (κ1) is 28.3. The molecule has 0 unspecified atom stereocenters. The van der Waals surface area contributed by atoms with E-state index in [1.54, 1.807) is 24.3 Å². The number of amides is 2. The summed E-state index contributed by atoms with van der Waals surface area (Å²) in [5.74, 6) is -2.31. The molecule has 12 heteroatoms. The van der Waals surface area contributed by atoms with E-state index in [4.69, 9.17) is 11.1 Å². The Morgan fingerprint density at radius 2 is 1.64 bits per heavy atom. The van der Waals surface area contributed by atoms with Crippen molar-refractivity contribution in [1.82, 2.24) is 5.32 Å². The number of nitrogen functional groups attached to an aromatic ring is 1. The van der Waals surface area contributed by atoms with Gasteiger partial charge in [0.15, 0.2) is 0 Å². The number of nitrogens with zero attached hydrogens (tertiary/aromatic N) is 1. The first-order valence-corrected chi connectivity index (χ1v) is 11.8. The highest BCUT2D eigenvalue weighted by Crippen LogP contribution is 2.31. The molecule has 0 atom stereocenters. The van der Waals surface area contributed by atoms with Crippen LogP contribution in [0.15, 0.2) is 60.7 Å². The molecule has 3 aromatic rings. The van der Waals surface area contributed by atoms with E-state index in [2.05, 4.69) is 15.5 Å². The summed E-state index contributed by atoms with van der Waals surface area (Å²) in [6.45, 7) is 3.82. The lowest BCUT2D eigenvalue weighted by Crippen LogP contribution is -2.27. The molecule has 39 heavy (non-hydrogen) atoms. The molecular formula is C27H27N5O7. The molecule has 0 aliphatic carbocycles. The lowest BCUT2D eigenvalue weighted by Gasteiger charge is -2.16. The van der Waals surface area contributed by atoms with E-state index in [0.29, 0.717) is 23.4 Å². The average molecular weight is 534 g/mol. The van der Waals surface area contributed by atoms with Crippen molar-refractivity contribution in [2.75, 3.05) is 11.9 Å². The third kappa shape index (κ3) is 7.38. The number of carbonyl (C=O) groups is 3. The SMILES string of the molecule is CC(C)CNC(=O)c1ccc(-c2cc(CO[N+](=O)[O-])ccc2C(=O)Nc2ccc(C(=N)N)cc2)c(C(=O)O)c1. The van der Waals surface area contributed by atoms with Crippen LogP contribution in [0, 0.1) is 21.4 Å². The van der Waals surface area contributed by atoms with Crippen LogP contribution in [-0.2, 0) is 11.4 Å². The van der Waals surface area contributed by atoms with Crippen molar-refractivity contribution in [3.8, 4) is 11.1 Å². The van der Waals surface area contributed by atoms with E-state index in [9.17, 15) is 29.6 Å². The predicted molar refractivity (Wildman–Crippen MR) is 143 cm³/mol. The Hall–Kier alpha value is -5.26. The molecule has 3 rings (SSSR count). The number of anilines is 1. The molecule has 0 spiro atoms. The third-order valence-corrected chi connectivity index (χ3v) is 5.59. The summed E-state index contributed by atoms with van der Waals surface area (Å²) in [4.78, 5) is 53.2. The van der Waals surface area contributed by atoms with Gasteiger partial charge in [-0.2, -0.15) is 0 Å². The van der Waals surface area contributed by atoms with Crippen LogP contribution in [0.2, 0.25) is 0 Å². The van der Waals surface area contributed by atoms with E-state index in [1.165, 1.54) is 36.4 Å². The number of aromatic carboxylic acids is 1. The minimum Gasteiger partial charge on any atom is -0.478 e. The summed E-state index contributed by atoms with van der Waals surface area (Å²) in [6, 6.07) is 14.6. The van der Waals surface area contributed by atoms with Crippen LogP contribution in [0.5, 0.6) is 0 Å². The van der Waals surface area contributed by atoms with Gasteiger partial charge >= 0.3 is 5.97 Å². The minimum atomic E-state index is -1.33. The molecule has 0 radical (unpaired) electrons. The molecule has 0 saturated heterocycles. The number of hydrogen-bond acceptors (Lipinski definition) is 7. The summed E-state index contributed by atoms with van der Waals surface area (Å²) in [5.41, 5.74) is 6.91. The smallest absolute Gasteiger partial charge is 0.336 e. The Morgan fingerprint density at radius 3 is 2.23 bits per heavy atom. The zero-order valence-electron chi connectivity index (χ0n) is 21.2. The third-order valence-electron chi connectivity index (χ3n) is 5.59. The van der Waals surface area contributed by atoms with Gasteiger partial charge in [-0.25, -0.2) is 4.79 Å². The van der Waals surface area contributed by atoms with Gasteiger partial charge in [-0.15, -0.1) is 10.1 Å². The van der Waals surface area contributed by atoms with Gasteiger partial charge in [0.1, 0.15) is 12.4 Å². The number of carboxylic acid groups (broad SMARTS) is 1. The first-order chi connectivity index (χ1) is 18.5. The number of amidine groups is 1. The standard InChI is InChI=1S/C27H27N5O7/c1-15(2)13-30-25(33)18-6-10-20(23(12-18)27(35)36)22-11-16(14-39-32(37)38)3-9-21(22)26(34)31-19-7-4-17(5-8-19)24(28)29/h3-12,15H,13-14H2,1-2H3,(H3,28,29)(H,30,33)(H,31,34)(H,35,36). The van der Waals surface area contributed by atoms with E-state index >= 15 is 0 Å². The number of benzene rings is 3. The molecule has 0 bridgehead atoms. The number of carbonyl (C=O) groups excluding carboxylic acids is 2. The monoisotopic (exact) mass is 533 g/mol. The molecule has 0 fully saturated rings. The second-order valence-corrected chi connectivity index (χ2v) is 8.99. The second-order valence-electron chi connectivity index (χ2n) is 8.99. The van der Waals surface area contributed by atoms with Gasteiger partial charge in [-0.3, -0.25) is 15.0 Å². The van der Waals surface area contributed by atoms with Gasteiger partial charge < -0.3 is 26.3 Å². The maximum atomic E-state index is 13.3. The summed E-state index contributed by atoms with van der Waals surface area (Å²) in [7, 11) is 0. The second kappa shape index (κ2) is 12.3. The van der Waals surface area contributed by atoms with Crippen molar-refractivity contribution >= 4 is 29.3 Å². The predicted octanol–water partition coefficient (Wildman–Crippen LogP) is 3.68. The average Bonchev–Trinajstić information content (AvgIpc) is 2.90. The molecule has 0 saturated carbocycles. The normalized spacial score (nSPS) is 10.5. The van der Waals surface area contributed by atoms with Gasteiger partial charge in [0.25, 0.3) is 16.9 Å². The molecule has 0 aliphatic heterocycles. The van der Waals surface area contributed by atoms with E-state index in [0.717, 1.165) is 0 Å². The zero-order valence-corrected chi connectivity index (χ0v) is 21.2. The summed E-state index contributed by atoms with van der Waals surface area (Å²) in [6.07, 6.45) is 0. The Labute approximate surface area is 223 Å². The van der Waals surface area contributed by atoms with Gasteiger partial charge in [0.2, 0.25) is 0 Å². The van der Waals surface area contributed by atoms with Crippen LogP contribution in [0.25, 0.3) is 11.1 Å². The van der Waals surface area contributed by atoms with Crippen LogP contribution in [0.3, 0.4) is 0 Å². The number of hydrogen-bond donors (Lipinski definition) is 5. The summed E-state index contributed by atoms with van der Waals surface area (Å²) < 4.78 is 0. The van der Waals surface area contributed by atoms with Crippen molar-refractivity contribution in [1.29, 1.82) is 5.41 Å². The molecule has 2 amide bonds. The molecule has 0 heterocycles. The van der Waals surface area contributed by atoms with Gasteiger partial charge in [-0.05, 0) is 71.1 Å². The minimum absolute atomic E-state index is 0.0787. The van der Waals surface area contributed by atoms with Crippen LogP contribution < -0.4 is 16.4 Å². The molecule has 0 aliphatic rings. The highest BCUT2D eigenvalue weighted by Gasteiger charge is 2.21. The molecular weight excluding hydrogens is 506 g/mol. The fourth-order valence-electron chi connectivity index (χ4n) is 3.66. The highest BCUT2D eigenvalue weighted by molar-refractivity contribution is 6.11. The Kier molecular flexibility index (Phi) is 8.94.